The van der Waals surface area contributed by atoms with E-state index in [0.717, 1.165) is 64.7 Å². The maximum Gasteiger partial charge on any atom is 0.227 e. The first-order valence-corrected chi connectivity index (χ1v) is 9.00. The van der Waals surface area contributed by atoms with Crippen LogP contribution in [0, 0.1) is 11.8 Å². The molecule has 5 nitrogen and oxygen atoms in total. The third kappa shape index (κ3) is 4.38. The molecule has 0 radical (unpaired) electrons. The van der Waals surface area contributed by atoms with Crippen molar-refractivity contribution in [1.82, 2.24) is 15.1 Å². The van der Waals surface area contributed by atoms with Crippen molar-refractivity contribution in [1.29, 1.82) is 0 Å². The van der Waals surface area contributed by atoms with Crippen LogP contribution >= 0.6 is 12.4 Å². The summed E-state index contributed by atoms with van der Waals surface area (Å²) in [6.07, 6.45) is 6.06. The minimum absolute atomic E-state index is 0. The van der Waals surface area contributed by atoms with Crippen LogP contribution in [-0.2, 0) is 9.59 Å². The highest BCUT2D eigenvalue weighted by atomic mass is 35.5. The molecule has 0 aromatic rings. The van der Waals surface area contributed by atoms with Crippen molar-refractivity contribution in [3.63, 3.8) is 0 Å². The van der Waals surface area contributed by atoms with Gasteiger partial charge in [0.25, 0.3) is 0 Å². The molecule has 0 aromatic carbocycles. The lowest BCUT2D eigenvalue weighted by molar-refractivity contribution is -0.142. The lowest BCUT2D eigenvalue weighted by atomic mass is 9.95. The van der Waals surface area contributed by atoms with Crippen LogP contribution in [-0.4, -0.2) is 60.4 Å². The van der Waals surface area contributed by atoms with E-state index < -0.39 is 0 Å². The predicted molar refractivity (Wildman–Crippen MR) is 92.6 cm³/mol. The molecular weight excluding hydrogens is 314 g/mol. The Morgan fingerprint density at radius 2 is 1.96 bits per heavy atom. The molecule has 3 aliphatic rings. The standard InChI is InChI=1S/C17H29N3O2.ClH/c1-2-9-20(15-7-8-18-11-15)17(22)14-4-3-10-19(12-14)16(21)13-5-6-13;/h13-15,18H,2-12H2,1H3;1H. The first-order valence-electron chi connectivity index (χ1n) is 9.00. The van der Waals surface area contributed by atoms with Gasteiger partial charge in [-0.15, -0.1) is 12.4 Å². The van der Waals surface area contributed by atoms with Gasteiger partial charge in [0.1, 0.15) is 0 Å². The second-order valence-electron chi connectivity index (χ2n) is 7.08. The van der Waals surface area contributed by atoms with Crippen molar-refractivity contribution >= 4 is 24.2 Å². The first-order chi connectivity index (χ1) is 10.7. The lowest BCUT2D eigenvalue weighted by Crippen LogP contribution is -2.50. The van der Waals surface area contributed by atoms with Crippen LogP contribution in [0.1, 0.15) is 45.4 Å². The molecule has 2 unspecified atom stereocenters. The minimum atomic E-state index is 0. The number of likely N-dealkylation sites (tertiary alicyclic amines) is 1. The average Bonchev–Trinajstić information content (AvgIpc) is 3.26. The molecule has 2 amide bonds. The summed E-state index contributed by atoms with van der Waals surface area (Å²) in [5.74, 6) is 0.856. The quantitative estimate of drug-likeness (QED) is 0.826. The van der Waals surface area contributed by atoms with Gasteiger partial charge in [-0.25, -0.2) is 0 Å². The second kappa shape index (κ2) is 8.34. The van der Waals surface area contributed by atoms with Crippen LogP contribution in [0.2, 0.25) is 0 Å². The summed E-state index contributed by atoms with van der Waals surface area (Å²) in [5, 5.41) is 3.36. The molecule has 6 heteroatoms. The van der Waals surface area contributed by atoms with Gasteiger partial charge >= 0.3 is 0 Å². The third-order valence-corrected chi connectivity index (χ3v) is 5.23. The van der Waals surface area contributed by atoms with Crippen LogP contribution < -0.4 is 5.32 Å². The number of hydrogen-bond acceptors (Lipinski definition) is 3. The highest BCUT2D eigenvalue weighted by Crippen LogP contribution is 2.33. The monoisotopic (exact) mass is 343 g/mol. The lowest BCUT2D eigenvalue weighted by Gasteiger charge is -2.37. The molecule has 1 saturated carbocycles. The number of nitrogens with zero attached hydrogens (tertiary/aromatic N) is 2. The van der Waals surface area contributed by atoms with Gasteiger partial charge in [0.05, 0.1) is 5.92 Å². The van der Waals surface area contributed by atoms with Gasteiger partial charge in [0.15, 0.2) is 0 Å². The normalized spacial score (nSPS) is 27.4. The third-order valence-electron chi connectivity index (χ3n) is 5.23. The summed E-state index contributed by atoms with van der Waals surface area (Å²) in [6.45, 7) is 6.40. The fourth-order valence-corrected chi connectivity index (χ4v) is 3.82. The summed E-state index contributed by atoms with van der Waals surface area (Å²) < 4.78 is 0. The summed E-state index contributed by atoms with van der Waals surface area (Å²) in [4.78, 5) is 29.3. The van der Waals surface area contributed by atoms with Crippen molar-refractivity contribution in [2.45, 2.75) is 51.5 Å². The zero-order chi connectivity index (χ0) is 15.5. The van der Waals surface area contributed by atoms with E-state index in [0.29, 0.717) is 18.5 Å². The Morgan fingerprint density at radius 1 is 1.17 bits per heavy atom. The average molecular weight is 344 g/mol. The van der Waals surface area contributed by atoms with Crippen LogP contribution in [0.15, 0.2) is 0 Å². The van der Waals surface area contributed by atoms with E-state index in [4.69, 9.17) is 0 Å². The number of carbonyl (C=O) groups is 2. The Morgan fingerprint density at radius 3 is 2.57 bits per heavy atom. The molecule has 132 valence electrons. The van der Waals surface area contributed by atoms with Gasteiger partial charge in [-0.1, -0.05) is 6.92 Å². The summed E-state index contributed by atoms with van der Waals surface area (Å²) in [7, 11) is 0. The van der Waals surface area contributed by atoms with Crippen molar-refractivity contribution < 1.29 is 9.59 Å². The molecule has 2 aliphatic heterocycles. The zero-order valence-electron chi connectivity index (χ0n) is 14.1. The summed E-state index contributed by atoms with van der Waals surface area (Å²) in [5.41, 5.74) is 0. The molecule has 1 aliphatic carbocycles. The number of piperidine rings is 1. The number of carbonyl (C=O) groups excluding carboxylic acids is 2. The molecule has 1 N–H and O–H groups in total. The van der Waals surface area contributed by atoms with Crippen molar-refractivity contribution in [3.8, 4) is 0 Å². The van der Waals surface area contributed by atoms with E-state index in [1.807, 2.05) is 4.90 Å². The molecule has 23 heavy (non-hydrogen) atoms. The minimum Gasteiger partial charge on any atom is -0.342 e. The Hall–Kier alpha value is -0.810. The molecule has 0 bridgehead atoms. The van der Waals surface area contributed by atoms with Gasteiger partial charge in [-0.05, 0) is 45.1 Å². The Balaban J connectivity index is 0.00000192. The second-order valence-corrected chi connectivity index (χ2v) is 7.08. The van der Waals surface area contributed by atoms with Gasteiger partial charge in [-0.2, -0.15) is 0 Å². The fraction of sp³-hybridized carbons (Fsp3) is 0.882. The maximum atomic E-state index is 13.0. The number of nitrogens with one attached hydrogen (secondary N) is 1. The zero-order valence-corrected chi connectivity index (χ0v) is 14.9. The molecule has 0 aromatic heterocycles. The van der Waals surface area contributed by atoms with Gasteiger partial charge in [-0.3, -0.25) is 9.59 Å². The van der Waals surface area contributed by atoms with Crippen molar-refractivity contribution in [3.05, 3.63) is 0 Å². The number of hydrogen-bond donors (Lipinski definition) is 1. The van der Waals surface area contributed by atoms with Gasteiger partial charge < -0.3 is 15.1 Å². The van der Waals surface area contributed by atoms with Crippen LogP contribution in [0.5, 0.6) is 0 Å². The molecule has 3 fully saturated rings. The van der Waals surface area contributed by atoms with E-state index in [-0.39, 0.29) is 30.2 Å². The van der Waals surface area contributed by atoms with E-state index in [1.54, 1.807) is 0 Å². The molecule has 3 rings (SSSR count). The van der Waals surface area contributed by atoms with E-state index in [1.165, 1.54) is 0 Å². The Kier molecular flexibility index (Phi) is 6.72. The van der Waals surface area contributed by atoms with E-state index >= 15 is 0 Å². The first kappa shape index (κ1) is 18.5. The van der Waals surface area contributed by atoms with Gasteiger partial charge in [0.2, 0.25) is 11.8 Å². The van der Waals surface area contributed by atoms with Crippen LogP contribution in [0.3, 0.4) is 0 Å². The Bertz CT molecular complexity index is 422. The van der Waals surface area contributed by atoms with Gasteiger partial charge in [0, 0.05) is 38.1 Å². The molecule has 2 heterocycles. The maximum absolute atomic E-state index is 13.0. The van der Waals surface area contributed by atoms with Crippen molar-refractivity contribution in [2.75, 3.05) is 32.7 Å². The highest BCUT2D eigenvalue weighted by molar-refractivity contribution is 5.85. The number of halogens is 1. The summed E-state index contributed by atoms with van der Waals surface area (Å²) in [6, 6.07) is 0.349. The molecular formula is C17H30ClN3O2. The number of amides is 2. The predicted octanol–water partition coefficient (Wildman–Crippen LogP) is 1.66. The SMILES string of the molecule is CCCN(C(=O)C1CCCN(C(=O)C2CC2)C1)C1CCNC1.Cl. The Labute approximate surface area is 145 Å². The molecule has 0 spiro atoms. The molecule has 2 saturated heterocycles. The summed E-state index contributed by atoms with van der Waals surface area (Å²) >= 11 is 0. The fourth-order valence-electron chi connectivity index (χ4n) is 3.82. The topological polar surface area (TPSA) is 52.7 Å². The number of rotatable bonds is 5. The van der Waals surface area contributed by atoms with E-state index in [2.05, 4.69) is 17.1 Å². The van der Waals surface area contributed by atoms with Crippen LogP contribution in [0.4, 0.5) is 0 Å². The smallest absolute Gasteiger partial charge is 0.227 e. The van der Waals surface area contributed by atoms with E-state index in [9.17, 15) is 9.59 Å². The largest absolute Gasteiger partial charge is 0.342 e. The highest BCUT2D eigenvalue weighted by Gasteiger charge is 2.38. The molecule has 2 atom stereocenters. The van der Waals surface area contributed by atoms with Crippen molar-refractivity contribution in [2.24, 2.45) is 11.8 Å². The van der Waals surface area contributed by atoms with Crippen LogP contribution in [0.25, 0.3) is 0 Å².